The summed E-state index contributed by atoms with van der Waals surface area (Å²) >= 11 is 1.37. The van der Waals surface area contributed by atoms with Gasteiger partial charge in [0, 0.05) is 17.9 Å². The highest BCUT2D eigenvalue weighted by Crippen LogP contribution is 2.43. The topological polar surface area (TPSA) is 49.4 Å². The Morgan fingerprint density at radius 1 is 1.10 bits per heavy atom. The maximum Gasteiger partial charge on any atom is 0.416 e. The summed E-state index contributed by atoms with van der Waals surface area (Å²) in [4.78, 5) is 27.5. The van der Waals surface area contributed by atoms with Gasteiger partial charge in [-0.3, -0.25) is 9.59 Å². The summed E-state index contributed by atoms with van der Waals surface area (Å²) in [5.41, 5.74) is 0.233. The first kappa shape index (κ1) is 22.2. The normalized spacial score (nSPS) is 19.2. The monoisotopic (exact) mass is 436 g/mol. The lowest BCUT2D eigenvalue weighted by Crippen LogP contribution is -2.48. The van der Waals surface area contributed by atoms with Crippen molar-refractivity contribution in [3.8, 4) is 0 Å². The van der Waals surface area contributed by atoms with Crippen molar-refractivity contribution < 1.29 is 22.8 Å². The second kappa shape index (κ2) is 9.12. The third-order valence-electron chi connectivity index (χ3n) is 4.77. The SMILES string of the molecule is CC(C)CNC(=O)C1CSC(c2ccc(C(F)(F)F)cc2)N1C(=O)c1ccccc1. The van der Waals surface area contributed by atoms with Gasteiger partial charge in [0.25, 0.3) is 5.91 Å². The zero-order valence-corrected chi connectivity index (χ0v) is 17.5. The maximum absolute atomic E-state index is 13.3. The molecule has 2 aromatic carbocycles. The Balaban J connectivity index is 1.91. The van der Waals surface area contributed by atoms with Gasteiger partial charge in [-0.25, -0.2) is 0 Å². The molecular weight excluding hydrogens is 413 g/mol. The molecule has 2 aromatic rings. The van der Waals surface area contributed by atoms with Gasteiger partial charge in [-0.1, -0.05) is 44.2 Å². The van der Waals surface area contributed by atoms with Crippen LogP contribution in [0.3, 0.4) is 0 Å². The third kappa shape index (κ3) is 4.98. The number of carbonyl (C=O) groups excluding carboxylic acids is 2. The summed E-state index contributed by atoms with van der Waals surface area (Å²) in [6.45, 7) is 4.43. The van der Waals surface area contributed by atoms with E-state index in [2.05, 4.69) is 5.32 Å². The Hall–Kier alpha value is -2.48. The molecule has 0 aromatic heterocycles. The molecule has 1 heterocycles. The van der Waals surface area contributed by atoms with Gasteiger partial charge >= 0.3 is 6.18 Å². The molecule has 1 fully saturated rings. The van der Waals surface area contributed by atoms with E-state index in [0.29, 0.717) is 23.4 Å². The number of rotatable bonds is 5. The third-order valence-corrected chi connectivity index (χ3v) is 6.09. The van der Waals surface area contributed by atoms with Crippen molar-refractivity contribution in [3.05, 3.63) is 71.3 Å². The highest BCUT2D eigenvalue weighted by molar-refractivity contribution is 7.99. The van der Waals surface area contributed by atoms with E-state index in [4.69, 9.17) is 0 Å². The molecule has 0 spiro atoms. The second-order valence-electron chi connectivity index (χ2n) is 7.54. The van der Waals surface area contributed by atoms with E-state index in [1.807, 2.05) is 13.8 Å². The van der Waals surface area contributed by atoms with E-state index in [1.54, 1.807) is 30.3 Å². The first-order valence-corrected chi connectivity index (χ1v) is 10.7. The fraction of sp³-hybridized carbons (Fsp3) is 0.364. The number of benzene rings is 2. The van der Waals surface area contributed by atoms with Crippen molar-refractivity contribution in [1.29, 1.82) is 0 Å². The predicted molar refractivity (Wildman–Crippen MR) is 111 cm³/mol. The Bertz CT molecular complexity index is 886. The largest absolute Gasteiger partial charge is 0.416 e. The summed E-state index contributed by atoms with van der Waals surface area (Å²) < 4.78 is 38.8. The fourth-order valence-corrected chi connectivity index (χ4v) is 4.63. The Morgan fingerprint density at radius 3 is 2.30 bits per heavy atom. The van der Waals surface area contributed by atoms with Crippen molar-refractivity contribution in [2.24, 2.45) is 5.92 Å². The molecule has 0 saturated carbocycles. The number of amides is 2. The van der Waals surface area contributed by atoms with Gasteiger partial charge in [0.1, 0.15) is 11.4 Å². The van der Waals surface area contributed by atoms with E-state index in [0.717, 1.165) is 12.1 Å². The van der Waals surface area contributed by atoms with Crippen molar-refractivity contribution in [2.75, 3.05) is 12.3 Å². The van der Waals surface area contributed by atoms with Crippen LogP contribution >= 0.6 is 11.8 Å². The van der Waals surface area contributed by atoms with Crippen LogP contribution < -0.4 is 5.32 Å². The number of nitrogens with zero attached hydrogens (tertiary/aromatic N) is 1. The molecule has 1 N–H and O–H groups in total. The van der Waals surface area contributed by atoms with Gasteiger partial charge in [0.2, 0.25) is 5.91 Å². The summed E-state index contributed by atoms with van der Waals surface area (Å²) in [5, 5.41) is 2.32. The maximum atomic E-state index is 13.3. The quantitative estimate of drug-likeness (QED) is 0.737. The van der Waals surface area contributed by atoms with Crippen LogP contribution in [-0.4, -0.2) is 35.1 Å². The number of hydrogen-bond acceptors (Lipinski definition) is 3. The molecule has 30 heavy (non-hydrogen) atoms. The van der Waals surface area contributed by atoms with Crippen molar-refractivity contribution >= 4 is 23.6 Å². The lowest BCUT2D eigenvalue weighted by atomic mass is 10.1. The van der Waals surface area contributed by atoms with Crippen molar-refractivity contribution in [3.63, 3.8) is 0 Å². The van der Waals surface area contributed by atoms with Crippen LogP contribution in [0.15, 0.2) is 54.6 Å². The summed E-state index contributed by atoms with van der Waals surface area (Å²) in [7, 11) is 0. The molecule has 0 bridgehead atoms. The summed E-state index contributed by atoms with van der Waals surface area (Å²) in [6.07, 6.45) is -4.43. The van der Waals surface area contributed by atoms with Crippen LogP contribution in [0.4, 0.5) is 13.2 Å². The number of hydrogen-bond donors (Lipinski definition) is 1. The molecule has 4 nitrogen and oxygen atoms in total. The molecule has 2 amide bonds. The van der Waals surface area contributed by atoms with Gasteiger partial charge < -0.3 is 10.2 Å². The smallest absolute Gasteiger partial charge is 0.354 e. The average molecular weight is 436 g/mol. The highest BCUT2D eigenvalue weighted by atomic mass is 32.2. The molecule has 0 radical (unpaired) electrons. The molecule has 2 unspecified atom stereocenters. The lowest BCUT2D eigenvalue weighted by molar-refractivity contribution is -0.137. The van der Waals surface area contributed by atoms with E-state index < -0.39 is 23.2 Å². The standard InChI is InChI=1S/C22H23F3N2O2S/c1-14(2)12-26-19(28)18-13-30-21(16-8-10-17(11-9-16)22(23,24)25)27(18)20(29)15-6-4-3-5-7-15/h3-11,14,18,21H,12-13H2,1-2H3,(H,26,28). The van der Waals surface area contributed by atoms with Crippen LogP contribution in [-0.2, 0) is 11.0 Å². The second-order valence-corrected chi connectivity index (χ2v) is 8.65. The molecule has 1 aliphatic heterocycles. The molecule has 160 valence electrons. The highest BCUT2D eigenvalue weighted by Gasteiger charge is 2.42. The number of halogens is 3. The van der Waals surface area contributed by atoms with E-state index in [1.165, 1.54) is 28.8 Å². The Kier molecular flexibility index (Phi) is 6.75. The minimum absolute atomic E-state index is 0.255. The number of thioether (sulfide) groups is 1. The zero-order valence-electron chi connectivity index (χ0n) is 16.6. The first-order valence-electron chi connectivity index (χ1n) is 9.62. The summed E-state index contributed by atoms with van der Waals surface area (Å²) in [6, 6.07) is 12.6. The molecule has 2 atom stereocenters. The van der Waals surface area contributed by atoms with Crippen LogP contribution in [0.5, 0.6) is 0 Å². The van der Waals surface area contributed by atoms with Gasteiger partial charge in [-0.05, 0) is 35.7 Å². The van der Waals surface area contributed by atoms with Crippen LogP contribution in [0.1, 0.15) is 40.7 Å². The van der Waals surface area contributed by atoms with Crippen molar-refractivity contribution in [2.45, 2.75) is 31.4 Å². The average Bonchev–Trinajstić information content (AvgIpc) is 3.16. The Labute approximate surface area is 177 Å². The lowest BCUT2D eigenvalue weighted by Gasteiger charge is -2.29. The van der Waals surface area contributed by atoms with Gasteiger partial charge in [0.15, 0.2) is 0 Å². The molecular formula is C22H23F3N2O2S. The molecule has 1 saturated heterocycles. The van der Waals surface area contributed by atoms with Gasteiger partial charge in [0.05, 0.1) is 5.56 Å². The fourth-order valence-electron chi connectivity index (χ4n) is 3.20. The first-order chi connectivity index (χ1) is 14.2. The molecule has 0 aliphatic carbocycles. The van der Waals surface area contributed by atoms with E-state index >= 15 is 0 Å². The van der Waals surface area contributed by atoms with E-state index in [-0.39, 0.29) is 17.7 Å². The zero-order chi connectivity index (χ0) is 21.9. The number of carbonyl (C=O) groups is 2. The molecule has 1 aliphatic rings. The van der Waals surface area contributed by atoms with Crippen molar-refractivity contribution in [1.82, 2.24) is 10.2 Å². The minimum Gasteiger partial charge on any atom is -0.354 e. The van der Waals surface area contributed by atoms with E-state index in [9.17, 15) is 22.8 Å². The number of alkyl halides is 3. The Morgan fingerprint density at radius 2 is 1.73 bits per heavy atom. The minimum atomic E-state index is -4.43. The number of nitrogens with one attached hydrogen (secondary N) is 1. The van der Waals surface area contributed by atoms with Gasteiger partial charge in [-0.2, -0.15) is 13.2 Å². The molecule has 3 rings (SSSR count). The van der Waals surface area contributed by atoms with Crippen LogP contribution in [0.2, 0.25) is 0 Å². The van der Waals surface area contributed by atoms with Gasteiger partial charge in [-0.15, -0.1) is 11.8 Å². The summed E-state index contributed by atoms with van der Waals surface area (Å²) in [5.74, 6) is 0.0471. The predicted octanol–water partition coefficient (Wildman–Crippen LogP) is 4.73. The van der Waals surface area contributed by atoms with Crippen LogP contribution in [0, 0.1) is 5.92 Å². The van der Waals surface area contributed by atoms with Crippen LogP contribution in [0.25, 0.3) is 0 Å². The molecule has 8 heteroatoms.